The lowest BCUT2D eigenvalue weighted by molar-refractivity contribution is -0.116. The van der Waals surface area contributed by atoms with Crippen LogP contribution in [0.2, 0.25) is 0 Å². The quantitative estimate of drug-likeness (QED) is 0.683. The van der Waals surface area contributed by atoms with Crippen LogP contribution in [-0.2, 0) is 4.79 Å². The molecule has 1 aliphatic heterocycles. The summed E-state index contributed by atoms with van der Waals surface area (Å²) in [6, 6.07) is 13.6. The Kier molecular flexibility index (Phi) is 4.96. The zero-order chi connectivity index (χ0) is 16.9. The van der Waals surface area contributed by atoms with Gasteiger partial charge in [-0.05, 0) is 66.9 Å². The number of carbonyl (C=O) groups excluding carboxylic acids is 1. The van der Waals surface area contributed by atoms with Crippen LogP contribution >= 0.6 is 11.8 Å². The Hall–Kier alpha value is -2.60. The van der Waals surface area contributed by atoms with Crippen molar-refractivity contribution in [2.45, 2.75) is 13.8 Å². The number of carbonyl (C=O) groups is 1. The molecule has 0 saturated carbocycles. The fraction of sp³-hybridized carbons (Fsp3) is 0.167. The summed E-state index contributed by atoms with van der Waals surface area (Å²) in [6.45, 7) is 4.14. The van der Waals surface area contributed by atoms with E-state index < -0.39 is 0 Å². The van der Waals surface area contributed by atoms with E-state index in [2.05, 4.69) is 29.4 Å². The minimum absolute atomic E-state index is 0.0400. The van der Waals surface area contributed by atoms with Crippen LogP contribution in [0.5, 0.6) is 11.5 Å². The number of rotatable bonds is 4. The van der Waals surface area contributed by atoms with Gasteiger partial charge >= 0.3 is 0 Å². The summed E-state index contributed by atoms with van der Waals surface area (Å²) < 4.78 is 5.84. The Morgan fingerprint density at radius 1 is 1.08 bits per heavy atom. The molecule has 0 bridgehead atoms. The second kappa shape index (κ2) is 7.31. The van der Waals surface area contributed by atoms with Crippen molar-refractivity contribution in [3.05, 3.63) is 59.2 Å². The van der Waals surface area contributed by atoms with E-state index in [-0.39, 0.29) is 5.91 Å². The number of nitrogens with one attached hydrogen (secondary N) is 1. The van der Waals surface area contributed by atoms with Gasteiger partial charge in [0.1, 0.15) is 11.5 Å². The van der Waals surface area contributed by atoms with Crippen LogP contribution in [0.25, 0.3) is 0 Å². The van der Waals surface area contributed by atoms with Gasteiger partial charge < -0.3 is 10.1 Å². The van der Waals surface area contributed by atoms with Gasteiger partial charge in [-0.25, -0.2) is 0 Å². The van der Waals surface area contributed by atoms with Crippen molar-refractivity contribution in [1.29, 1.82) is 0 Å². The highest BCUT2D eigenvalue weighted by molar-refractivity contribution is 8.15. The summed E-state index contributed by atoms with van der Waals surface area (Å²) in [7, 11) is 0. The first-order valence-corrected chi connectivity index (χ1v) is 8.47. The van der Waals surface area contributed by atoms with Crippen LogP contribution in [-0.4, -0.2) is 23.0 Å². The van der Waals surface area contributed by atoms with Crippen LogP contribution in [0, 0.1) is 13.8 Å². The summed E-state index contributed by atoms with van der Waals surface area (Å²) in [5.74, 6) is 1.95. The molecule has 5 nitrogen and oxygen atoms in total. The van der Waals surface area contributed by atoms with Gasteiger partial charge in [-0.3, -0.25) is 4.79 Å². The molecule has 0 radical (unpaired) electrons. The molecule has 2 aromatic carbocycles. The Labute approximate surface area is 144 Å². The Balaban J connectivity index is 1.62. The standard InChI is InChI=1S/C18H17N3O2S/c1-12-3-6-16(9-13(12)2)23-15-7-4-14(5-8-15)10-19-21-18-20-17(22)11-24-18/h3-10H,11H2,1-2H3,(H,20,21,22). The Bertz CT molecular complexity index is 814. The maximum atomic E-state index is 11.0. The molecule has 0 spiro atoms. The van der Waals surface area contributed by atoms with Crippen LogP contribution in [0.1, 0.15) is 16.7 Å². The lowest BCUT2D eigenvalue weighted by Gasteiger charge is -2.08. The number of ether oxygens (including phenoxy) is 1. The molecule has 1 aliphatic rings. The zero-order valence-corrected chi connectivity index (χ0v) is 14.3. The van der Waals surface area contributed by atoms with E-state index in [0.29, 0.717) is 10.9 Å². The van der Waals surface area contributed by atoms with E-state index in [4.69, 9.17) is 4.74 Å². The van der Waals surface area contributed by atoms with Gasteiger partial charge in [0, 0.05) is 0 Å². The van der Waals surface area contributed by atoms with Crippen LogP contribution in [0.4, 0.5) is 0 Å². The number of aryl methyl sites for hydroxylation is 2. The first kappa shape index (κ1) is 16.3. The number of amides is 1. The van der Waals surface area contributed by atoms with E-state index >= 15 is 0 Å². The summed E-state index contributed by atoms with van der Waals surface area (Å²) in [6.07, 6.45) is 1.64. The normalized spacial score (nSPS) is 15.9. The first-order chi connectivity index (χ1) is 11.6. The molecule has 6 heteroatoms. The monoisotopic (exact) mass is 339 g/mol. The summed E-state index contributed by atoms with van der Waals surface area (Å²) in [5.41, 5.74) is 3.35. The zero-order valence-electron chi connectivity index (χ0n) is 13.4. The van der Waals surface area contributed by atoms with Crippen molar-refractivity contribution < 1.29 is 9.53 Å². The van der Waals surface area contributed by atoms with Gasteiger partial charge in [-0.15, -0.1) is 5.10 Å². The SMILES string of the molecule is Cc1ccc(Oc2ccc(C=NN=C3NC(=O)CS3)cc2)cc1C. The predicted octanol–water partition coefficient (Wildman–Crippen LogP) is 3.65. The Morgan fingerprint density at radius 3 is 2.50 bits per heavy atom. The third-order valence-electron chi connectivity index (χ3n) is 3.54. The minimum atomic E-state index is -0.0400. The van der Waals surface area contributed by atoms with Crippen molar-refractivity contribution in [3.8, 4) is 11.5 Å². The summed E-state index contributed by atoms with van der Waals surface area (Å²) in [4.78, 5) is 11.0. The smallest absolute Gasteiger partial charge is 0.236 e. The predicted molar refractivity (Wildman–Crippen MR) is 98.1 cm³/mol. The average molecular weight is 339 g/mol. The topological polar surface area (TPSA) is 63.1 Å². The molecule has 24 heavy (non-hydrogen) atoms. The number of hydrogen-bond donors (Lipinski definition) is 1. The van der Waals surface area contributed by atoms with E-state index in [9.17, 15) is 4.79 Å². The van der Waals surface area contributed by atoms with Crippen molar-refractivity contribution >= 4 is 29.1 Å². The van der Waals surface area contributed by atoms with Gasteiger partial charge in [-0.1, -0.05) is 17.8 Å². The highest BCUT2D eigenvalue weighted by atomic mass is 32.2. The number of nitrogens with zero attached hydrogens (tertiary/aromatic N) is 2. The van der Waals surface area contributed by atoms with Crippen molar-refractivity contribution in [3.63, 3.8) is 0 Å². The second-order valence-corrected chi connectivity index (χ2v) is 6.37. The molecule has 0 aliphatic carbocycles. The molecular weight excluding hydrogens is 322 g/mol. The number of thioether (sulfide) groups is 1. The molecule has 3 rings (SSSR count). The maximum absolute atomic E-state index is 11.0. The molecule has 0 aromatic heterocycles. The molecule has 1 amide bonds. The van der Waals surface area contributed by atoms with Gasteiger partial charge in [0.25, 0.3) is 0 Å². The highest BCUT2D eigenvalue weighted by Gasteiger charge is 2.15. The van der Waals surface area contributed by atoms with Crippen molar-refractivity contribution in [1.82, 2.24) is 5.32 Å². The molecule has 1 heterocycles. The second-order valence-electron chi connectivity index (χ2n) is 5.40. The molecule has 1 saturated heterocycles. The first-order valence-electron chi connectivity index (χ1n) is 7.49. The fourth-order valence-corrected chi connectivity index (χ4v) is 2.69. The Morgan fingerprint density at radius 2 is 1.83 bits per heavy atom. The molecular formula is C18H17N3O2S. The molecule has 2 aromatic rings. The number of benzene rings is 2. The lowest BCUT2D eigenvalue weighted by atomic mass is 10.1. The van der Waals surface area contributed by atoms with Crippen LogP contribution in [0.15, 0.2) is 52.7 Å². The van der Waals surface area contributed by atoms with E-state index in [1.54, 1.807) is 6.21 Å². The number of amidine groups is 1. The molecule has 0 atom stereocenters. The third-order valence-corrected chi connectivity index (χ3v) is 4.40. The lowest BCUT2D eigenvalue weighted by Crippen LogP contribution is -2.19. The van der Waals surface area contributed by atoms with E-state index in [0.717, 1.165) is 17.1 Å². The van der Waals surface area contributed by atoms with Gasteiger partial charge in [0.2, 0.25) is 5.91 Å². The third kappa shape index (κ3) is 4.23. The van der Waals surface area contributed by atoms with Gasteiger partial charge in [0.05, 0.1) is 12.0 Å². The molecule has 1 N–H and O–H groups in total. The summed E-state index contributed by atoms with van der Waals surface area (Å²) in [5, 5.41) is 11.1. The number of hydrogen-bond acceptors (Lipinski definition) is 5. The molecule has 122 valence electrons. The highest BCUT2D eigenvalue weighted by Crippen LogP contribution is 2.23. The van der Waals surface area contributed by atoms with Crippen molar-refractivity contribution in [2.24, 2.45) is 10.2 Å². The van der Waals surface area contributed by atoms with Gasteiger partial charge in [-0.2, -0.15) is 5.10 Å². The largest absolute Gasteiger partial charge is 0.457 e. The van der Waals surface area contributed by atoms with E-state index in [1.165, 1.54) is 22.9 Å². The molecule has 1 fully saturated rings. The van der Waals surface area contributed by atoms with Crippen molar-refractivity contribution in [2.75, 3.05) is 5.75 Å². The molecule has 0 unspecified atom stereocenters. The average Bonchev–Trinajstić information content (AvgIpc) is 2.98. The maximum Gasteiger partial charge on any atom is 0.236 e. The van der Waals surface area contributed by atoms with Crippen LogP contribution in [0.3, 0.4) is 0 Å². The van der Waals surface area contributed by atoms with Crippen LogP contribution < -0.4 is 10.1 Å². The van der Waals surface area contributed by atoms with Gasteiger partial charge in [0.15, 0.2) is 5.17 Å². The van der Waals surface area contributed by atoms with E-state index in [1.807, 2.05) is 42.5 Å². The minimum Gasteiger partial charge on any atom is -0.457 e. The summed E-state index contributed by atoms with van der Waals surface area (Å²) >= 11 is 1.35. The fourth-order valence-electron chi connectivity index (χ4n) is 2.06.